The number of nitrogens with one attached hydrogen (secondary N) is 2. The van der Waals surface area contributed by atoms with Gasteiger partial charge in [-0.2, -0.15) is 0 Å². The topological polar surface area (TPSA) is 79.8 Å². The summed E-state index contributed by atoms with van der Waals surface area (Å²) in [5, 5.41) is 17.1. The van der Waals surface area contributed by atoms with Gasteiger partial charge in [-0.05, 0) is 31.5 Å². The number of rotatable bonds is 3. The molecule has 3 N–H and O–H groups in total. The third-order valence-electron chi connectivity index (χ3n) is 4.00. The molecule has 122 valence electrons. The number of aryl methyl sites for hydroxylation is 1. The number of fused-ring (bicyclic) bond motifs is 1. The summed E-state index contributed by atoms with van der Waals surface area (Å²) in [7, 11) is 2.94. The fourth-order valence-corrected chi connectivity index (χ4v) is 3.71. The van der Waals surface area contributed by atoms with Crippen molar-refractivity contribution >= 4 is 22.2 Å². The summed E-state index contributed by atoms with van der Waals surface area (Å²) in [4.78, 5) is 13.5. The van der Waals surface area contributed by atoms with E-state index in [0.29, 0.717) is 17.1 Å². The van der Waals surface area contributed by atoms with Crippen LogP contribution in [-0.2, 0) is 0 Å². The number of hydrogen-bond donors (Lipinski definition) is 3. The number of benzene rings is 1. The zero-order valence-corrected chi connectivity index (χ0v) is 14.1. The molecular weight excluding hydrogens is 316 g/mol. The Morgan fingerprint density at radius 2 is 1.74 bits per heavy atom. The number of aromatic hydroxyl groups is 1. The smallest absolute Gasteiger partial charge is 0.256 e. The number of ether oxygens (including phenoxy) is 2. The number of thiophene rings is 1. The molecule has 2 heterocycles. The molecule has 1 aromatic carbocycles. The maximum atomic E-state index is 12.4. The molecule has 6 nitrogen and oxygen atoms in total. The number of methoxy groups -OCH3 is 2. The van der Waals surface area contributed by atoms with Gasteiger partial charge in [-0.3, -0.25) is 4.79 Å². The highest BCUT2D eigenvalue weighted by atomic mass is 32.1. The molecule has 0 aliphatic carbocycles. The molecule has 0 saturated carbocycles. The van der Waals surface area contributed by atoms with Crippen LogP contribution in [0.3, 0.4) is 0 Å². The van der Waals surface area contributed by atoms with Gasteiger partial charge < -0.3 is 25.2 Å². The van der Waals surface area contributed by atoms with Gasteiger partial charge in [0.25, 0.3) is 5.91 Å². The third-order valence-corrected chi connectivity index (χ3v) is 5.14. The molecule has 7 heteroatoms. The number of phenols is 1. The summed E-state index contributed by atoms with van der Waals surface area (Å²) < 4.78 is 10.3. The predicted molar refractivity (Wildman–Crippen MR) is 88.8 cm³/mol. The van der Waals surface area contributed by atoms with Crippen molar-refractivity contribution < 1.29 is 19.4 Å². The fourth-order valence-electron chi connectivity index (χ4n) is 2.62. The van der Waals surface area contributed by atoms with Crippen LogP contribution >= 0.6 is 11.3 Å². The van der Waals surface area contributed by atoms with Crippen molar-refractivity contribution in [3.05, 3.63) is 33.7 Å². The van der Waals surface area contributed by atoms with Gasteiger partial charge in [0, 0.05) is 10.4 Å². The number of amides is 1. The van der Waals surface area contributed by atoms with Crippen LogP contribution in [-0.4, -0.2) is 25.2 Å². The van der Waals surface area contributed by atoms with E-state index in [0.717, 1.165) is 21.0 Å². The number of hydrogen-bond acceptors (Lipinski definition) is 6. The first kappa shape index (κ1) is 15.5. The van der Waals surface area contributed by atoms with Crippen LogP contribution < -0.4 is 20.1 Å². The minimum Gasteiger partial charge on any atom is -0.502 e. The van der Waals surface area contributed by atoms with Crippen LogP contribution in [0, 0.1) is 13.8 Å². The van der Waals surface area contributed by atoms with Crippen LogP contribution in [0.25, 0.3) is 0 Å². The molecule has 0 unspecified atom stereocenters. The van der Waals surface area contributed by atoms with E-state index in [-0.39, 0.29) is 11.7 Å². The standard InChI is InChI=1S/C16H18N2O4S/c1-7-8(2)23-16-12(7)15(20)17-14(18-16)9-5-10(21-3)13(19)11(6-9)22-4/h5-6,14,18-19H,1-4H3,(H,17,20)/t14-/m1/s1. The third kappa shape index (κ3) is 2.46. The quantitative estimate of drug-likeness (QED) is 0.804. The molecule has 0 fully saturated rings. The summed E-state index contributed by atoms with van der Waals surface area (Å²) in [6, 6.07) is 3.35. The summed E-state index contributed by atoms with van der Waals surface area (Å²) in [6.07, 6.45) is -0.421. The van der Waals surface area contributed by atoms with Crippen molar-refractivity contribution in [3.8, 4) is 17.2 Å². The highest BCUT2D eigenvalue weighted by molar-refractivity contribution is 7.16. The predicted octanol–water partition coefficient (Wildman–Crippen LogP) is 2.94. The fraction of sp³-hybridized carbons (Fsp3) is 0.312. The Balaban J connectivity index is 2.02. The molecule has 0 radical (unpaired) electrons. The lowest BCUT2D eigenvalue weighted by molar-refractivity contribution is 0.0935. The Morgan fingerprint density at radius 3 is 2.30 bits per heavy atom. The minimum atomic E-state index is -0.421. The van der Waals surface area contributed by atoms with Crippen LogP contribution in [0.5, 0.6) is 17.2 Å². The number of phenolic OH excluding ortho intramolecular Hbond substituents is 1. The van der Waals surface area contributed by atoms with E-state index in [2.05, 4.69) is 10.6 Å². The number of carbonyl (C=O) groups is 1. The Hall–Kier alpha value is -2.41. The molecular formula is C16H18N2O4S. The van der Waals surface area contributed by atoms with E-state index >= 15 is 0 Å². The monoisotopic (exact) mass is 334 g/mol. The van der Waals surface area contributed by atoms with Gasteiger partial charge in [0.05, 0.1) is 19.8 Å². The molecule has 2 aromatic rings. The van der Waals surface area contributed by atoms with E-state index in [1.54, 1.807) is 23.5 Å². The summed E-state index contributed by atoms with van der Waals surface area (Å²) in [5.41, 5.74) is 2.43. The highest BCUT2D eigenvalue weighted by Crippen LogP contribution is 2.41. The molecule has 3 rings (SSSR count). The van der Waals surface area contributed by atoms with Crippen molar-refractivity contribution in [2.24, 2.45) is 0 Å². The average molecular weight is 334 g/mol. The molecule has 1 atom stereocenters. The van der Waals surface area contributed by atoms with Crippen LogP contribution in [0.1, 0.15) is 32.5 Å². The van der Waals surface area contributed by atoms with Crippen LogP contribution in [0.4, 0.5) is 5.00 Å². The first-order chi connectivity index (χ1) is 11.0. The van der Waals surface area contributed by atoms with Gasteiger partial charge in [-0.1, -0.05) is 0 Å². The van der Waals surface area contributed by atoms with Gasteiger partial charge in [-0.15, -0.1) is 11.3 Å². The molecule has 23 heavy (non-hydrogen) atoms. The van der Waals surface area contributed by atoms with E-state index in [1.807, 2.05) is 13.8 Å². The zero-order chi connectivity index (χ0) is 16.7. The van der Waals surface area contributed by atoms with E-state index in [4.69, 9.17) is 9.47 Å². The van der Waals surface area contributed by atoms with Crippen molar-refractivity contribution in [2.45, 2.75) is 20.0 Å². The molecule has 0 spiro atoms. The maximum Gasteiger partial charge on any atom is 0.256 e. The van der Waals surface area contributed by atoms with Crippen molar-refractivity contribution in [3.63, 3.8) is 0 Å². The number of anilines is 1. The summed E-state index contributed by atoms with van der Waals surface area (Å²) >= 11 is 1.56. The first-order valence-corrected chi connectivity index (χ1v) is 7.90. The molecule has 1 aliphatic heterocycles. The van der Waals surface area contributed by atoms with Crippen LogP contribution in [0.15, 0.2) is 12.1 Å². The van der Waals surface area contributed by atoms with E-state index in [9.17, 15) is 9.90 Å². The Morgan fingerprint density at radius 1 is 1.13 bits per heavy atom. The van der Waals surface area contributed by atoms with Crippen molar-refractivity contribution in [1.82, 2.24) is 5.32 Å². The lowest BCUT2D eigenvalue weighted by Gasteiger charge is -2.27. The van der Waals surface area contributed by atoms with Crippen molar-refractivity contribution in [2.75, 3.05) is 19.5 Å². The Labute approximate surface area is 138 Å². The maximum absolute atomic E-state index is 12.4. The zero-order valence-electron chi connectivity index (χ0n) is 13.3. The van der Waals surface area contributed by atoms with Gasteiger partial charge in [0.2, 0.25) is 5.75 Å². The molecule has 1 aliphatic rings. The van der Waals surface area contributed by atoms with Crippen LogP contribution in [0.2, 0.25) is 0 Å². The Kier molecular flexibility index (Phi) is 3.81. The van der Waals surface area contributed by atoms with Crippen molar-refractivity contribution in [1.29, 1.82) is 0 Å². The molecule has 1 aromatic heterocycles. The lowest BCUT2D eigenvalue weighted by atomic mass is 10.1. The second-order valence-corrected chi connectivity index (χ2v) is 6.54. The van der Waals surface area contributed by atoms with E-state index < -0.39 is 6.17 Å². The molecule has 0 saturated heterocycles. The number of carbonyl (C=O) groups excluding carboxylic acids is 1. The molecule has 0 bridgehead atoms. The average Bonchev–Trinajstić information content (AvgIpc) is 2.82. The lowest BCUT2D eigenvalue weighted by Crippen LogP contribution is -2.38. The van der Waals surface area contributed by atoms with Gasteiger partial charge >= 0.3 is 0 Å². The first-order valence-electron chi connectivity index (χ1n) is 7.08. The highest BCUT2D eigenvalue weighted by Gasteiger charge is 2.30. The second kappa shape index (κ2) is 5.66. The summed E-state index contributed by atoms with van der Waals surface area (Å²) in [6.45, 7) is 3.94. The SMILES string of the molecule is COc1cc([C@@H]2NC(=O)c3c(sc(C)c3C)N2)cc(OC)c1O. The van der Waals surface area contributed by atoms with Gasteiger partial charge in [0.15, 0.2) is 11.5 Å². The minimum absolute atomic E-state index is 0.0654. The second-order valence-electron chi connectivity index (χ2n) is 5.31. The normalized spacial score (nSPS) is 16.3. The van der Waals surface area contributed by atoms with Gasteiger partial charge in [0.1, 0.15) is 11.2 Å². The largest absolute Gasteiger partial charge is 0.502 e. The van der Waals surface area contributed by atoms with E-state index in [1.165, 1.54) is 14.2 Å². The Bertz CT molecular complexity index is 760. The summed E-state index contributed by atoms with van der Waals surface area (Å²) in [5.74, 6) is 0.403. The van der Waals surface area contributed by atoms with Gasteiger partial charge in [-0.25, -0.2) is 0 Å². The molecule has 1 amide bonds.